The van der Waals surface area contributed by atoms with E-state index in [-0.39, 0.29) is 25.6 Å². The molecule has 0 radical (unpaired) electrons. The van der Waals surface area contributed by atoms with Gasteiger partial charge in [-0.05, 0) is 19.8 Å². The summed E-state index contributed by atoms with van der Waals surface area (Å²) in [4.78, 5) is 21.6. The first-order valence-electron chi connectivity index (χ1n) is 5.55. The highest BCUT2D eigenvalue weighted by Gasteiger charge is 2.38. The van der Waals surface area contributed by atoms with E-state index in [0.717, 1.165) is 4.31 Å². The van der Waals surface area contributed by atoms with Crippen molar-refractivity contribution in [1.82, 2.24) is 9.03 Å². The summed E-state index contributed by atoms with van der Waals surface area (Å²) < 4.78 is 30.9. The molecular weight excluding hydrogens is 264 g/mol. The Morgan fingerprint density at radius 2 is 2.06 bits per heavy atom. The second-order valence-corrected chi connectivity index (χ2v) is 5.44. The molecule has 0 aromatic heterocycles. The van der Waals surface area contributed by atoms with Crippen LogP contribution in [0.25, 0.3) is 0 Å². The summed E-state index contributed by atoms with van der Waals surface area (Å²) >= 11 is 0. The number of nitrogens with one attached hydrogen (secondary N) is 1. The van der Waals surface area contributed by atoms with Crippen LogP contribution in [0.3, 0.4) is 0 Å². The molecule has 1 amide bonds. The third-order valence-electron chi connectivity index (χ3n) is 2.30. The number of carboxylic acids is 1. The zero-order valence-electron chi connectivity index (χ0n) is 9.96. The second-order valence-electron chi connectivity index (χ2n) is 3.81. The maximum Gasteiger partial charge on any atom is 0.421 e. The molecule has 18 heavy (non-hydrogen) atoms. The molecule has 1 rings (SSSR count). The zero-order chi connectivity index (χ0) is 13.8. The monoisotopic (exact) mass is 280 g/mol. The minimum Gasteiger partial charge on any atom is -0.481 e. The van der Waals surface area contributed by atoms with Crippen LogP contribution >= 0.6 is 0 Å². The molecule has 8 nitrogen and oxygen atoms in total. The van der Waals surface area contributed by atoms with Crippen molar-refractivity contribution in [3.05, 3.63) is 0 Å². The summed E-state index contributed by atoms with van der Waals surface area (Å²) in [5, 5.41) is 8.56. The molecule has 0 spiro atoms. The Kier molecular flexibility index (Phi) is 4.91. The lowest BCUT2D eigenvalue weighted by Crippen LogP contribution is -2.45. The van der Waals surface area contributed by atoms with Crippen molar-refractivity contribution in [3.63, 3.8) is 0 Å². The van der Waals surface area contributed by atoms with Gasteiger partial charge < -0.3 is 9.84 Å². The van der Waals surface area contributed by atoms with Crippen molar-refractivity contribution in [3.8, 4) is 0 Å². The third kappa shape index (κ3) is 4.49. The van der Waals surface area contributed by atoms with Gasteiger partial charge >= 0.3 is 22.3 Å². The summed E-state index contributed by atoms with van der Waals surface area (Å²) in [5.41, 5.74) is 0. The number of hydrogen-bond acceptors (Lipinski definition) is 5. The summed E-state index contributed by atoms with van der Waals surface area (Å²) in [7, 11) is -4.03. The molecule has 0 saturated heterocycles. The average Bonchev–Trinajstić information content (AvgIpc) is 3.00. The Bertz CT molecular complexity index is 417. The molecule has 0 aromatic carbocycles. The Morgan fingerprint density at radius 1 is 1.44 bits per heavy atom. The molecule has 9 heteroatoms. The van der Waals surface area contributed by atoms with Crippen molar-refractivity contribution in [2.24, 2.45) is 0 Å². The Morgan fingerprint density at radius 3 is 2.50 bits per heavy atom. The van der Waals surface area contributed by atoms with E-state index in [2.05, 4.69) is 4.74 Å². The maximum absolute atomic E-state index is 11.8. The lowest BCUT2D eigenvalue weighted by atomic mass is 10.4. The van der Waals surface area contributed by atoms with Crippen molar-refractivity contribution < 1.29 is 27.9 Å². The molecule has 1 saturated carbocycles. The van der Waals surface area contributed by atoms with Gasteiger partial charge in [-0.15, -0.1) is 0 Å². The summed E-state index contributed by atoms with van der Waals surface area (Å²) in [6, 6.07) is -0.226. The van der Waals surface area contributed by atoms with Gasteiger partial charge in [0.2, 0.25) is 0 Å². The van der Waals surface area contributed by atoms with E-state index in [1.807, 2.05) is 0 Å². The molecule has 0 atom stereocenters. The third-order valence-corrected chi connectivity index (χ3v) is 3.82. The molecule has 2 N–H and O–H groups in total. The van der Waals surface area contributed by atoms with Gasteiger partial charge in [0.1, 0.15) is 0 Å². The van der Waals surface area contributed by atoms with Crippen molar-refractivity contribution >= 4 is 22.3 Å². The van der Waals surface area contributed by atoms with Gasteiger partial charge in [0.05, 0.1) is 13.0 Å². The van der Waals surface area contributed by atoms with Crippen LogP contribution in [0.5, 0.6) is 0 Å². The number of carboxylic acid groups (broad SMARTS) is 1. The molecule has 0 aliphatic heterocycles. The molecule has 1 aliphatic rings. The van der Waals surface area contributed by atoms with Gasteiger partial charge in [-0.3, -0.25) is 4.79 Å². The van der Waals surface area contributed by atoms with Gasteiger partial charge in [-0.2, -0.15) is 12.7 Å². The highest BCUT2D eigenvalue weighted by molar-refractivity contribution is 7.87. The fraction of sp³-hybridized carbons (Fsp3) is 0.778. The first-order chi connectivity index (χ1) is 8.36. The molecular formula is C9H16N2O6S. The first kappa shape index (κ1) is 14.7. The van der Waals surface area contributed by atoms with Crippen LogP contribution < -0.4 is 4.72 Å². The molecule has 1 fully saturated rings. The van der Waals surface area contributed by atoms with Gasteiger partial charge in [0.15, 0.2) is 0 Å². The number of aliphatic carboxylic acids is 1. The van der Waals surface area contributed by atoms with Crippen LogP contribution in [0.2, 0.25) is 0 Å². The van der Waals surface area contributed by atoms with Crippen LogP contribution in [-0.4, -0.2) is 49.1 Å². The number of hydrogen-bond donors (Lipinski definition) is 2. The molecule has 0 heterocycles. The maximum atomic E-state index is 11.8. The van der Waals surface area contributed by atoms with E-state index in [4.69, 9.17) is 5.11 Å². The molecule has 1 aliphatic carbocycles. The lowest BCUT2D eigenvalue weighted by Gasteiger charge is -2.20. The Labute approximate surface area is 105 Å². The van der Waals surface area contributed by atoms with E-state index >= 15 is 0 Å². The number of carbonyl (C=O) groups is 2. The lowest BCUT2D eigenvalue weighted by molar-refractivity contribution is -0.137. The number of nitrogens with zero attached hydrogens (tertiary/aromatic N) is 1. The van der Waals surface area contributed by atoms with E-state index in [0.29, 0.717) is 12.8 Å². The van der Waals surface area contributed by atoms with E-state index in [1.54, 1.807) is 11.6 Å². The largest absolute Gasteiger partial charge is 0.481 e. The summed E-state index contributed by atoms with van der Waals surface area (Å²) in [6.45, 7) is 1.45. The predicted molar refractivity (Wildman–Crippen MR) is 61.1 cm³/mol. The number of amides is 1. The standard InChI is InChI=1S/C9H16N2O6S/c1-2-17-9(14)10-18(15,16)11(7-3-4-7)6-5-8(12)13/h7H,2-6H2,1H3,(H,10,14)(H,12,13). The van der Waals surface area contributed by atoms with E-state index < -0.39 is 22.3 Å². The summed E-state index contributed by atoms with van der Waals surface area (Å²) in [6.07, 6.45) is -0.0223. The van der Waals surface area contributed by atoms with Crippen LogP contribution in [0.15, 0.2) is 0 Å². The highest BCUT2D eigenvalue weighted by Crippen LogP contribution is 2.28. The quantitative estimate of drug-likeness (QED) is 0.674. The van der Waals surface area contributed by atoms with E-state index in [1.165, 1.54) is 0 Å². The average molecular weight is 280 g/mol. The molecule has 104 valence electrons. The van der Waals surface area contributed by atoms with Crippen molar-refractivity contribution in [2.75, 3.05) is 13.2 Å². The smallest absolute Gasteiger partial charge is 0.421 e. The van der Waals surface area contributed by atoms with Crippen LogP contribution in [0, 0.1) is 0 Å². The predicted octanol–water partition coefficient (Wildman–Crippen LogP) is -0.0836. The number of carbonyl (C=O) groups excluding carboxylic acids is 1. The highest BCUT2D eigenvalue weighted by atomic mass is 32.2. The second kappa shape index (κ2) is 6.01. The SMILES string of the molecule is CCOC(=O)NS(=O)(=O)N(CCC(=O)O)C1CC1. The zero-order valence-corrected chi connectivity index (χ0v) is 10.8. The fourth-order valence-electron chi connectivity index (χ4n) is 1.39. The van der Waals surface area contributed by atoms with Crippen LogP contribution in [0.4, 0.5) is 4.79 Å². The van der Waals surface area contributed by atoms with Crippen LogP contribution in [-0.2, 0) is 19.7 Å². The topological polar surface area (TPSA) is 113 Å². The van der Waals surface area contributed by atoms with Crippen molar-refractivity contribution in [1.29, 1.82) is 0 Å². The minimum absolute atomic E-state index is 0.0555. The van der Waals surface area contributed by atoms with Gasteiger partial charge in [0, 0.05) is 12.6 Å². The Hall–Kier alpha value is -1.35. The van der Waals surface area contributed by atoms with Crippen LogP contribution in [0.1, 0.15) is 26.2 Å². The minimum atomic E-state index is -4.03. The fourth-order valence-corrected chi connectivity index (χ4v) is 2.71. The van der Waals surface area contributed by atoms with Gasteiger partial charge in [-0.25, -0.2) is 9.52 Å². The normalized spacial score (nSPS) is 15.4. The Balaban J connectivity index is 2.65. The van der Waals surface area contributed by atoms with Crippen molar-refractivity contribution in [2.45, 2.75) is 32.2 Å². The van der Waals surface area contributed by atoms with Gasteiger partial charge in [-0.1, -0.05) is 0 Å². The van der Waals surface area contributed by atoms with Gasteiger partial charge in [0.25, 0.3) is 0 Å². The van der Waals surface area contributed by atoms with E-state index in [9.17, 15) is 18.0 Å². The summed E-state index contributed by atoms with van der Waals surface area (Å²) in [5.74, 6) is -1.09. The number of ether oxygens (including phenoxy) is 1. The molecule has 0 bridgehead atoms. The first-order valence-corrected chi connectivity index (χ1v) is 6.99. The molecule has 0 aromatic rings. The molecule has 0 unspecified atom stereocenters. The number of rotatable bonds is 7.